The van der Waals surface area contributed by atoms with Crippen molar-refractivity contribution in [2.45, 2.75) is 260 Å². The molecule has 136 heavy (non-hydrogen) atoms. The van der Waals surface area contributed by atoms with E-state index in [-0.39, 0.29) is 128 Å². The number of ether oxygens (including phenoxy) is 1. The van der Waals surface area contributed by atoms with Crippen LogP contribution in [0.4, 0.5) is 0 Å². The van der Waals surface area contributed by atoms with Gasteiger partial charge in [-0.05, 0) is 144 Å². The molecule has 4 aliphatic rings. The van der Waals surface area contributed by atoms with Crippen molar-refractivity contribution in [3.05, 3.63) is 114 Å². The Morgan fingerprint density at radius 3 is 1.72 bits per heavy atom. The molecule has 4 aliphatic heterocycles. The number of hydrogen-bond acceptors (Lipinski definition) is 24. The maximum absolute atomic E-state index is 15.9. The van der Waals surface area contributed by atoms with Gasteiger partial charge in [-0.25, -0.2) is 0 Å². The Kier molecular flexibility index (Phi) is 41.4. The second-order valence-corrected chi connectivity index (χ2v) is 36.4. The second kappa shape index (κ2) is 52.6. The van der Waals surface area contributed by atoms with Crippen LogP contribution in [0.25, 0.3) is 21.8 Å². The molecule has 40 nitrogen and oxygen atoms in total. The number of aromatic amines is 2. The molecule has 0 aliphatic carbocycles. The van der Waals surface area contributed by atoms with Crippen molar-refractivity contribution in [2.24, 2.45) is 33.8 Å². The number of H-pyrrole nitrogens is 2. The fourth-order valence-electron chi connectivity index (χ4n) is 17.6. The minimum absolute atomic E-state index is 0.0169. The summed E-state index contributed by atoms with van der Waals surface area (Å²) in [6.45, 7) is 4.50. The van der Waals surface area contributed by atoms with Crippen LogP contribution in [0.1, 0.15) is 172 Å². The number of aromatic nitrogens is 2. The molecule has 5 aromatic rings. The summed E-state index contributed by atoms with van der Waals surface area (Å²) >= 11 is 0.840. The molecule has 3 aromatic carbocycles. The summed E-state index contributed by atoms with van der Waals surface area (Å²) in [7, 11) is 5.49. The van der Waals surface area contributed by atoms with Crippen LogP contribution in [-0.2, 0) is 101 Å². The van der Waals surface area contributed by atoms with Crippen LogP contribution in [0.2, 0.25) is 0 Å². The number of rotatable bonds is 30. The van der Waals surface area contributed by atoms with Crippen molar-refractivity contribution in [1.82, 2.24) is 77.0 Å². The highest BCUT2D eigenvalue weighted by atomic mass is 32.2. The number of carboxylic acids is 1. The number of hydrogen-bond donors (Lipinski definition) is 16. The van der Waals surface area contributed by atoms with Gasteiger partial charge >= 0.3 is 5.97 Å². The van der Waals surface area contributed by atoms with Gasteiger partial charge in [0.15, 0.2) is 11.6 Å². The molecule has 0 bridgehead atoms. The standard InChI is InChI=1S/C95H134N20O20S/c1-8-10-26-75-88(127)104-67(25-18-38-97)86(125)110-74(79(117)33-34-81(99)119)53-136-54-82(120)103-71(42-56-29-31-62(135-7)32-30-56)91(130)111(4)55(3)84(123)108-73(48-83(121)122)94(133)114-41-19-28-76(114)89(128)107-70(43-57-36-40-100-49-57)87(126)105-68(24-16-17-37-96)93(132)115-52-61(116)47-78(115)90(129)106-69(44-59-50-101-65-22-14-12-20-63(59)65)80(118)46-58(35-39-98)85(124)109-72(45-60-51-102-66-23-15-13-21-64(60)66)92(131)113(6)77(27-11-9-2)95(134)112(75)5/h12-15,20-23,29-32,40,49-51,55,58,61,67-78,101-102,116H,8-11,16-19,24-28,33-39,41-48,52-54,96-98H2,1-7H3,(H2,99,119)(H,103,120)(H,104,127)(H,105,126)(H,106,129)(H,107,128)(H,108,123)(H,109,124)(H,110,125)(H,121,122)/t55-,58+,61+,67-,68-,69-,70-,71-,72-,73-,74-,75-,76-,77-,78-/m0/s1. The number of nitrogens with one attached hydrogen (secondary N) is 10. The van der Waals surface area contributed by atoms with Crippen LogP contribution in [0.15, 0.2) is 102 Å². The van der Waals surface area contributed by atoms with Crippen LogP contribution in [0.3, 0.4) is 0 Å². The van der Waals surface area contributed by atoms with Crippen molar-refractivity contribution in [2.75, 3.05) is 72.5 Å². The predicted octanol–water partition coefficient (Wildman–Crippen LogP) is 0.995. The normalized spacial score (nSPS) is 25.2. The zero-order valence-electron chi connectivity index (χ0n) is 78.5. The molecule has 740 valence electrons. The Bertz CT molecular complexity index is 5120. The van der Waals surface area contributed by atoms with Gasteiger partial charge < -0.3 is 115 Å². The summed E-state index contributed by atoms with van der Waals surface area (Å²) in [5, 5.41) is 45.4. The van der Waals surface area contributed by atoms with E-state index < -0.39 is 229 Å². The number of unbranched alkanes of at least 4 members (excludes halogenated alkanes) is 3. The summed E-state index contributed by atoms with van der Waals surface area (Å²) in [6.07, 6.45) is 4.17. The number of Topliss-reactive ketones (excluding diaryl/α,β-unsaturated/α-hetero) is 2. The number of aliphatic hydroxyl groups excluding tert-OH is 1. The number of para-hydroxylation sites is 2. The largest absolute Gasteiger partial charge is 0.497 e. The van der Waals surface area contributed by atoms with Crippen LogP contribution in [-0.4, -0.2) is 308 Å². The number of aliphatic imine (C=N–C) groups is 1. The van der Waals surface area contributed by atoms with Gasteiger partial charge in [0.2, 0.25) is 82.7 Å². The van der Waals surface area contributed by atoms with Gasteiger partial charge in [0.05, 0.1) is 37.5 Å². The lowest BCUT2D eigenvalue weighted by Gasteiger charge is -2.36. The first-order valence-electron chi connectivity index (χ1n) is 46.8. The molecule has 20 N–H and O–H groups in total. The second-order valence-electron chi connectivity index (χ2n) is 35.4. The number of carbonyl (C=O) groups excluding carboxylic acids is 16. The minimum Gasteiger partial charge on any atom is -0.497 e. The lowest BCUT2D eigenvalue weighted by atomic mass is 9.91. The molecule has 6 heterocycles. The van der Waals surface area contributed by atoms with Crippen LogP contribution >= 0.6 is 11.8 Å². The first kappa shape index (κ1) is 107. The van der Waals surface area contributed by atoms with E-state index in [1.54, 1.807) is 67.1 Å². The third kappa shape index (κ3) is 29.8. The maximum atomic E-state index is 15.9. The van der Waals surface area contributed by atoms with Gasteiger partial charge in [-0.3, -0.25) is 86.5 Å². The molecule has 0 spiro atoms. The number of likely N-dealkylation sites (N-methyl/N-ethyl adjacent to an activating group) is 3. The number of carbonyl (C=O) groups is 17. The quantitative estimate of drug-likeness (QED) is 0.0285. The van der Waals surface area contributed by atoms with Crippen LogP contribution in [0.5, 0.6) is 5.75 Å². The summed E-state index contributed by atoms with van der Waals surface area (Å²) in [5.74, 6) is -16.6. The van der Waals surface area contributed by atoms with E-state index in [0.717, 1.165) is 26.5 Å². The molecule has 0 unspecified atom stereocenters. The Hall–Kier alpha value is -12.5. The van der Waals surface area contributed by atoms with E-state index in [9.17, 15) is 53.4 Å². The molecular weight excluding hydrogens is 1770 g/mol. The number of thioether (sulfide) groups is 1. The van der Waals surface area contributed by atoms with E-state index in [1.165, 1.54) is 51.2 Å². The summed E-state index contributed by atoms with van der Waals surface area (Å²) < 4.78 is 5.36. The number of benzene rings is 3. The Balaban J connectivity index is 1.10. The first-order chi connectivity index (χ1) is 65.1. The maximum Gasteiger partial charge on any atom is 0.305 e. The molecule has 14 amide bonds. The third-order valence-electron chi connectivity index (χ3n) is 25.5. The average Bonchev–Trinajstić information content (AvgIpc) is 1.51. The number of aliphatic carboxylic acids is 1. The molecule has 3 fully saturated rings. The van der Waals surface area contributed by atoms with E-state index in [0.29, 0.717) is 81.9 Å². The van der Waals surface area contributed by atoms with E-state index in [4.69, 9.17) is 27.7 Å². The van der Waals surface area contributed by atoms with Crippen molar-refractivity contribution in [1.29, 1.82) is 0 Å². The number of carboxylic acid groups (broad SMARTS) is 1. The lowest BCUT2D eigenvalue weighted by molar-refractivity contribution is -0.149. The van der Waals surface area contributed by atoms with Crippen molar-refractivity contribution in [3.63, 3.8) is 0 Å². The molecule has 15 atom stereocenters. The third-order valence-corrected chi connectivity index (χ3v) is 26.6. The van der Waals surface area contributed by atoms with Gasteiger partial charge in [0.25, 0.3) is 0 Å². The van der Waals surface area contributed by atoms with Gasteiger partial charge in [0, 0.05) is 144 Å². The first-order valence-corrected chi connectivity index (χ1v) is 47.9. The summed E-state index contributed by atoms with van der Waals surface area (Å²) in [6, 6.07) is 1.73. The van der Waals surface area contributed by atoms with Crippen molar-refractivity contribution in [3.8, 4) is 5.75 Å². The number of aliphatic hydroxyl groups is 1. The lowest BCUT2D eigenvalue weighted by Crippen LogP contribution is -2.60. The zero-order valence-corrected chi connectivity index (χ0v) is 79.3. The molecular formula is C95H134N20O20S. The SMILES string of the molecule is CCCC[C@H]1C(=O)N(C)[C@@H](CCCC)C(=O)N[C@@H](CCCN)C(=O)N[C@H](C(=O)CCC(N)=O)CSCC(=O)N[C@@H](Cc2ccc(OC)cc2)C(=O)N(C)[C@@H](C)C(=O)N[C@@H](CC(=O)O)C(=O)N2CCC[C@H]2C(=O)N[C@@H](CC2=CN=CC2)C(=O)N[C@@H](CCCCN)C(=O)N2C[C@H](O)C[C@H]2C(=O)N[C@@H](Cc2c[nH]c3ccccc23)C(=O)C[C@@H](CCN)C(=O)N[C@@H](Cc2c[nH]c3ccccc23)C(=O)N1C. The Morgan fingerprint density at radius 1 is 0.537 bits per heavy atom. The summed E-state index contributed by atoms with van der Waals surface area (Å²) in [5.41, 5.74) is 27.4. The fraction of sp³-hybridized carbons (Fsp3) is 0.558. The zero-order chi connectivity index (χ0) is 99.0. The van der Waals surface area contributed by atoms with E-state index >= 15 is 38.4 Å². The minimum atomic E-state index is -1.87. The number of primary amides is 1. The van der Waals surface area contributed by atoms with Gasteiger partial charge in [-0.15, -0.1) is 11.8 Å². The van der Waals surface area contributed by atoms with Gasteiger partial charge in [-0.2, -0.15) is 0 Å². The van der Waals surface area contributed by atoms with Crippen LogP contribution in [0, 0.1) is 5.92 Å². The van der Waals surface area contributed by atoms with E-state index in [1.807, 2.05) is 38.1 Å². The fourth-order valence-corrected chi connectivity index (χ4v) is 18.5. The molecule has 41 heteroatoms. The highest BCUT2D eigenvalue weighted by molar-refractivity contribution is 8.00. The monoisotopic (exact) mass is 1910 g/mol. The predicted molar refractivity (Wildman–Crippen MR) is 508 cm³/mol. The molecule has 9 rings (SSSR count). The van der Waals surface area contributed by atoms with Crippen LogP contribution < -0.4 is 70.2 Å². The number of ketones is 2. The number of nitrogens with zero attached hydrogens (tertiary/aromatic N) is 6. The number of methoxy groups -OCH3 is 1. The smallest absolute Gasteiger partial charge is 0.305 e. The molecule has 0 radical (unpaired) electrons. The highest BCUT2D eigenvalue weighted by Gasteiger charge is 2.47. The number of amides is 14. The summed E-state index contributed by atoms with van der Waals surface area (Å²) in [4.78, 5) is 268. The Labute approximate surface area is 794 Å². The number of nitrogens with two attached hydrogens (primary N) is 4. The molecule has 2 aromatic heterocycles. The van der Waals surface area contributed by atoms with E-state index in [2.05, 4.69) is 57.5 Å². The molecule has 3 saturated heterocycles. The van der Waals surface area contributed by atoms with Crippen molar-refractivity contribution < 1.29 is 96.5 Å². The highest BCUT2D eigenvalue weighted by Crippen LogP contribution is 2.30. The van der Waals surface area contributed by atoms with Crippen molar-refractivity contribution >= 4 is 140 Å². The molecule has 0 saturated carbocycles. The number of fused-ring (bicyclic) bond motifs is 4. The topological polar surface area (TPSA) is 600 Å². The van der Waals surface area contributed by atoms with Gasteiger partial charge in [0.1, 0.15) is 72.2 Å². The van der Waals surface area contributed by atoms with Gasteiger partial charge in [-0.1, -0.05) is 88.1 Å². The Morgan fingerprint density at radius 2 is 1.10 bits per heavy atom. The average molecular weight is 1910 g/mol.